The number of ether oxygens (including phenoxy) is 1. The lowest BCUT2D eigenvalue weighted by Gasteiger charge is -2.15. The van der Waals surface area contributed by atoms with Gasteiger partial charge in [0, 0.05) is 53.5 Å². The van der Waals surface area contributed by atoms with Gasteiger partial charge in [-0.1, -0.05) is 36.7 Å². The van der Waals surface area contributed by atoms with E-state index in [4.69, 9.17) is 9.57 Å². The van der Waals surface area contributed by atoms with Crippen LogP contribution in [0.2, 0.25) is 0 Å². The lowest BCUT2D eigenvalue weighted by atomic mass is 10.0. The summed E-state index contributed by atoms with van der Waals surface area (Å²) in [7, 11) is 0. The second kappa shape index (κ2) is 11.2. The Morgan fingerprint density at radius 2 is 1.69 bits per heavy atom. The van der Waals surface area contributed by atoms with Gasteiger partial charge in [0.1, 0.15) is 5.71 Å². The van der Waals surface area contributed by atoms with E-state index >= 15 is 0 Å². The van der Waals surface area contributed by atoms with Crippen LogP contribution in [0.1, 0.15) is 62.9 Å². The molecule has 0 amide bonds. The highest BCUT2D eigenvalue weighted by molar-refractivity contribution is 6.46. The van der Waals surface area contributed by atoms with Gasteiger partial charge < -0.3 is 19.0 Å². The average molecular weight is 524 g/mol. The van der Waals surface area contributed by atoms with Crippen LogP contribution < -0.4 is 9.64 Å². The number of carbonyl (C=O) groups is 2. The van der Waals surface area contributed by atoms with E-state index in [1.54, 1.807) is 0 Å². The Labute approximate surface area is 228 Å². The maximum atomic E-state index is 13.4. The molecule has 0 aliphatic carbocycles. The van der Waals surface area contributed by atoms with Gasteiger partial charge >= 0.3 is 5.97 Å². The Balaban J connectivity index is 1.57. The van der Waals surface area contributed by atoms with Crippen LogP contribution in [0.5, 0.6) is 5.75 Å². The highest BCUT2D eigenvalue weighted by Crippen LogP contribution is 2.39. The summed E-state index contributed by atoms with van der Waals surface area (Å²) in [4.78, 5) is 31.8. The van der Waals surface area contributed by atoms with Crippen molar-refractivity contribution in [2.75, 3.05) is 11.4 Å². The van der Waals surface area contributed by atoms with Gasteiger partial charge in [0.2, 0.25) is 11.7 Å². The van der Waals surface area contributed by atoms with Crippen LogP contribution in [0.3, 0.4) is 0 Å². The number of ketones is 1. The number of anilines is 1. The normalized spacial score (nSPS) is 14.2. The van der Waals surface area contributed by atoms with E-state index in [-0.39, 0.29) is 11.5 Å². The molecule has 0 fully saturated rings. The number of nitrogens with zero attached hydrogens (tertiary/aromatic N) is 3. The third-order valence-corrected chi connectivity index (χ3v) is 7.02. The zero-order valence-corrected chi connectivity index (χ0v) is 22.9. The number of benzene rings is 3. The lowest BCUT2D eigenvalue weighted by Crippen LogP contribution is -2.19. The van der Waals surface area contributed by atoms with Crippen molar-refractivity contribution in [3.63, 3.8) is 0 Å². The number of aromatic nitrogens is 1. The van der Waals surface area contributed by atoms with Crippen molar-refractivity contribution >= 4 is 51.0 Å². The molecule has 0 spiro atoms. The number of rotatable bonds is 9. The molecule has 7 nitrogen and oxygen atoms in total. The molecule has 1 aromatic heterocycles. The molecule has 1 aliphatic rings. The van der Waals surface area contributed by atoms with Gasteiger partial charge in [-0.3, -0.25) is 4.79 Å². The van der Waals surface area contributed by atoms with E-state index in [1.807, 2.05) is 43.3 Å². The first-order chi connectivity index (χ1) is 18.9. The van der Waals surface area contributed by atoms with E-state index in [9.17, 15) is 9.59 Å². The number of carbonyl (C=O) groups excluding carboxylic acids is 2. The third kappa shape index (κ3) is 5.04. The molecule has 7 heteroatoms. The fourth-order valence-corrected chi connectivity index (χ4v) is 5.15. The summed E-state index contributed by atoms with van der Waals surface area (Å²) < 4.78 is 8.43. The number of aryl methyl sites for hydroxylation is 1. The number of fused-ring (bicyclic) bond motifs is 4. The molecule has 0 radical (unpaired) electrons. The lowest BCUT2D eigenvalue weighted by molar-refractivity contribution is -0.140. The molecule has 0 saturated carbocycles. The van der Waals surface area contributed by atoms with Gasteiger partial charge in [0.05, 0.1) is 5.69 Å². The monoisotopic (exact) mass is 523 g/mol. The molecule has 0 N–H and O–H groups in total. The minimum absolute atomic E-state index is 0.224. The molecule has 0 atom stereocenters. The van der Waals surface area contributed by atoms with E-state index < -0.39 is 5.97 Å². The topological polar surface area (TPSA) is 73.1 Å². The molecule has 0 saturated heterocycles. The van der Waals surface area contributed by atoms with Crippen molar-refractivity contribution in [2.24, 2.45) is 5.16 Å². The molecular weight excluding hydrogens is 490 g/mol. The maximum absolute atomic E-state index is 13.4. The van der Waals surface area contributed by atoms with Crippen LogP contribution >= 0.6 is 0 Å². The number of hydrogen-bond acceptors (Lipinski definition) is 6. The van der Waals surface area contributed by atoms with E-state index in [2.05, 4.69) is 58.8 Å². The highest BCUT2D eigenvalue weighted by atomic mass is 16.7. The zero-order valence-electron chi connectivity index (χ0n) is 22.9. The molecule has 3 aromatic carbocycles. The van der Waals surface area contributed by atoms with Gasteiger partial charge in [-0.25, -0.2) is 4.79 Å². The predicted octanol–water partition coefficient (Wildman–Crippen LogP) is 7.32. The molecule has 0 bridgehead atoms. The van der Waals surface area contributed by atoms with Gasteiger partial charge in [0.15, 0.2) is 5.75 Å². The number of oxime groups is 1. The summed E-state index contributed by atoms with van der Waals surface area (Å²) in [6, 6.07) is 20.2. The molecule has 2 heterocycles. The van der Waals surface area contributed by atoms with Crippen LogP contribution in [-0.4, -0.2) is 28.6 Å². The zero-order chi connectivity index (χ0) is 27.5. The molecular formula is C32H33N3O4. The third-order valence-electron chi connectivity index (χ3n) is 7.02. The minimum atomic E-state index is -0.545. The molecule has 200 valence electrons. The molecule has 4 aromatic rings. The summed E-state index contributed by atoms with van der Waals surface area (Å²) in [6.07, 6.45) is 4.19. The van der Waals surface area contributed by atoms with Gasteiger partial charge in [0.25, 0.3) is 0 Å². The number of para-hydroxylation sites is 2. The van der Waals surface area contributed by atoms with Crippen LogP contribution in [0, 0.1) is 0 Å². The second-order valence-electron chi connectivity index (χ2n) is 9.60. The Kier molecular flexibility index (Phi) is 7.50. The van der Waals surface area contributed by atoms with Crippen LogP contribution in [0.4, 0.5) is 5.69 Å². The summed E-state index contributed by atoms with van der Waals surface area (Å²) in [5.74, 6) is 0.871. The standard InChI is InChI=1S/C32H33N3O4/c1-5-8-11-26(33-39-21(4)36)32(37)23-15-17-28-25(20-23)24-18-22(14-16-27(24)34(28)6-2)19-31-35(7-3)29-12-9-10-13-30(29)38-31/h9-10,12-20H,5-8,11H2,1-4H3/b31-19-,33-26+. The molecule has 1 aliphatic heterocycles. The Morgan fingerprint density at radius 1 is 0.949 bits per heavy atom. The molecule has 0 unspecified atom stereocenters. The quantitative estimate of drug-likeness (QED) is 0.0994. The summed E-state index contributed by atoms with van der Waals surface area (Å²) >= 11 is 0. The summed E-state index contributed by atoms with van der Waals surface area (Å²) in [5.41, 5.74) is 5.01. The Hall–Kier alpha value is -4.39. The Bertz CT molecular complexity index is 1630. The van der Waals surface area contributed by atoms with E-state index in [0.29, 0.717) is 12.0 Å². The van der Waals surface area contributed by atoms with Crippen LogP contribution in [0.25, 0.3) is 27.9 Å². The van der Waals surface area contributed by atoms with Gasteiger partial charge in [-0.05, 0) is 74.7 Å². The summed E-state index contributed by atoms with van der Waals surface area (Å²) in [6.45, 7) is 9.13. The molecule has 5 rings (SSSR count). The van der Waals surface area contributed by atoms with Gasteiger partial charge in [-0.15, -0.1) is 0 Å². The first-order valence-electron chi connectivity index (χ1n) is 13.6. The summed E-state index contributed by atoms with van der Waals surface area (Å²) in [5, 5.41) is 5.94. The van der Waals surface area contributed by atoms with Crippen molar-refractivity contribution in [2.45, 2.75) is 53.5 Å². The van der Waals surface area contributed by atoms with Crippen molar-refractivity contribution in [3.05, 3.63) is 77.7 Å². The Morgan fingerprint density at radius 3 is 2.41 bits per heavy atom. The first-order valence-corrected chi connectivity index (χ1v) is 13.6. The number of unbranched alkanes of at least 4 members (excludes halogenated alkanes) is 1. The first kappa shape index (κ1) is 26.2. The smallest absolute Gasteiger partial charge is 0.331 e. The van der Waals surface area contributed by atoms with Crippen molar-refractivity contribution in [1.82, 2.24) is 4.57 Å². The maximum Gasteiger partial charge on any atom is 0.331 e. The van der Waals surface area contributed by atoms with Gasteiger partial charge in [-0.2, -0.15) is 0 Å². The SMILES string of the molecule is CCCC/C(=N\OC(C)=O)C(=O)c1ccc2c(c1)c1cc(/C=C3\Oc4ccccc4N3CC)ccc1n2CC. The molecule has 39 heavy (non-hydrogen) atoms. The minimum Gasteiger partial charge on any atom is -0.439 e. The van der Waals surface area contributed by atoms with E-state index in [0.717, 1.165) is 70.6 Å². The number of Topliss-reactive ketones (excluding diaryl/α,β-unsaturated/α-hetero) is 1. The predicted molar refractivity (Wildman–Crippen MR) is 156 cm³/mol. The van der Waals surface area contributed by atoms with Crippen molar-refractivity contribution < 1.29 is 19.2 Å². The fourth-order valence-electron chi connectivity index (χ4n) is 5.15. The number of hydrogen-bond donors (Lipinski definition) is 0. The van der Waals surface area contributed by atoms with Crippen LogP contribution in [0.15, 0.2) is 71.7 Å². The van der Waals surface area contributed by atoms with Crippen LogP contribution in [-0.2, 0) is 16.2 Å². The van der Waals surface area contributed by atoms with Crippen molar-refractivity contribution in [1.29, 1.82) is 0 Å². The van der Waals surface area contributed by atoms with E-state index in [1.165, 1.54) is 6.92 Å². The van der Waals surface area contributed by atoms with Crippen molar-refractivity contribution in [3.8, 4) is 5.75 Å². The fraction of sp³-hybridized carbons (Fsp3) is 0.281. The largest absolute Gasteiger partial charge is 0.439 e. The second-order valence-corrected chi connectivity index (χ2v) is 9.60. The average Bonchev–Trinajstić information content (AvgIpc) is 3.46. The highest BCUT2D eigenvalue weighted by Gasteiger charge is 2.24.